The summed E-state index contributed by atoms with van der Waals surface area (Å²) >= 11 is 7.99. The molecule has 9 heteroatoms. The van der Waals surface area contributed by atoms with Crippen molar-refractivity contribution in [2.75, 3.05) is 39.8 Å². The van der Waals surface area contributed by atoms with Crippen LogP contribution >= 0.6 is 22.9 Å². The minimum absolute atomic E-state index is 0.260. The van der Waals surface area contributed by atoms with Crippen LogP contribution in [0.2, 0.25) is 5.02 Å². The fourth-order valence-corrected chi connectivity index (χ4v) is 6.10. The van der Waals surface area contributed by atoms with E-state index >= 15 is 0 Å². The zero-order valence-electron chi connectivity index (χ0n) is 18.8. The number of amides is 1. The predicted molar refractivity (Wildman–Crippen MR) is 128 cm³/mol. The molecule has 0 radical (unpaired) electrons. The Balaban J connectivity index is 1.25. The van der Waals surface area contributed by atoms with Crippen molar-refractivity contribution in [2.24, 2.45) is 0 Å². The van der Waals surface area contributed by atoms with Crippen LogP contribution in [0, 0.1) is 0 Å². The van der Waals surface area contributed by atoms with Gasteiger partial charge in [-0.15, -0.1) is 11.3 Å². The van der Waals surface area contributed by atoms with Crippen LogP contribution in [0.25, 0.3) is 0 Å². The Morgan fingerprint density at radius 2 is 1.94 bits per heavy atom. The molecule has 2 atom stereocenters. The SMILES string of the molecule is CO[C@H](O)[C@H](c1ccccc1Cl)N1CCc2sc(OC(=O)N3CCN(C4CC4)CC3)cc2C1. The van der Waals surface area contributed by atoms with E-state index in [0.29, 0.717) is 16.6 Å². The third kappa shape index (κ3) is 5.06. The average molecular weight is 492 g/mol. The van der Waals surface area contributed by atoms with Crippen molar-refractivity contribution in [3.05, 3.63) is 51.4 Å². The topological polar surface area (TPSA) is 65.5 Å². The van der Waals surface area contributed by atoms with E-state index in [4.69, 9.17) is 21.1 Å². The monoisotopic (exact) mass is 491 g/mol. The maximum Gasteiger partial charge on any atom is 0.416 e. The number of benzene rings is 1. The Kier molecular flexibility index (Phi) is 6.92. The summed E-state index contributed by atoms with van der Waals surface area (Å²) in [5.41, 5.74) is 1.96. The van der Waals surface area contributed by atoms with E-state index in [1.165, 1.54) is 24.8 Å². The van der Waals surface area contributed by atoms with Crippen LogP contribution in [-0.2, 0) is 17.7 Å². The molecule has 1 N–H and O–H groups in total. The third-order valence-electron chi connectivity index (χ3n) is 6.83. The molecule has 33 heavy (non-hydrogen) atoms. The van der Waals surface area contributed by atoms with Crippen LogP contribution in [0.15, 0.2) is 30.3 Å². The van der Waals surface area contributed by atoms with Gasteiger partial charge in [-0.1, -0.05) is 29.8 Å². The van der Waals surface area contributed by atoms with E-state index in [1.54, 1.807) is 11.3 Å². The lowest BCUT2D eigenvalue weighted by molar-refractivity contribution is -0.129. The molecule has 1 amide bonds. The summed E-state index contributed by atoms with van der Waals surface area (Å²) in [7, 11) is 1.50. The van der Waals surface area contributed by atoms with Gasteiger partial charge < -0.3 is 19.5 Å². The van der Waals surface area contributed by atoms with Gasteiger partial charge in [-0.05, 0) is 42.5 Å². The molecule has 1 aromatic heterocycles. The van der Waals surface area contributed by atoms with E-state index < -0.39 is 6.29 Å². The number of carbonyl (C=O) groups is 1. The van der Waals surface area contributed by atoms with Crippen molar-refractivity contribution in [3.8, 4) is 5.06 Å². The second-order valence-corrected chi connectivity index (χ2v) is 10.5. The number of hydrogen-bond donors (Lipinski definition) is 1. The van der Waals surface area contributed by atoms with E-state index in [0.717, 1.165) is 56.3 Å². The normalized spacial score (nSPS) is 21.5. The Morgan fingerprint density at radius 1 is 1.18 bits per heavy atom. The summed E-state index contributed by atoms with van der Waals surface area (Å²) in [6.07, 6.45) is 2.14. The number of aliphatic hydroxyl groups excluding tert-OH is 1. The van der Waals surface area contributed by atoms with E-state index in [1.807, 2.05) is 35.2 Å². The number of ether oxygens (including phenoxy) is 2. The maximum absolute atomic E-state index is 12.7. The zero-order valence-corrected chi connectivity index (χ0v) is 20.4. The molecule has 0 bridgehead atoms. The van der Waals surface area contributed by atoms with Gasteiger partial charge in [0.05, 0.1) is 6.04 Å². The molecule has 2 aromatic rings. The number of aliphatic hydroxyl groups is 1. The molecular weight excluding hydrogens is 462 g/mol. The second-order valence-electron chi connectivity index (χ2n) is 8.95. The predicted octanol–water partition coefficient (Wildman–Crippen LogP) is 3.74. The van der Waals surface area contributed by atoms with E-state index in [2.05, 4.69) is 9.80 Å². The summed E-state index contributed by atoms with van der Waals surface area (Å²) in [5.74, 6) is 0. The average Bonchev–Trinajstić information content (AvgIpc) is 3.60. The number of carbonyl (C=O) groups excluding carboxylic acids is 1. The van der Waals surface area contributed by atoms with E-state index in [9.17, 15) is 9.90 Å². The quantitative estimate of drug-likeness (QED) is 0.621. The van der Waals surface area contributed by atoms with Gasteiger partial charge in [0.2, 0.25) is 0 Å². The standard InChI is InChI=1S/C24H30ClN3O4S/c1-31-23(29)22(18-4-2-3-5-19(18)25)28-9-8-20-16(15-28)14-21(33-20)32-24(30)27-12-10-26(11-13-27)17-6-7-17/h2-5,14,17,22-23,29H,6-13,15H2,1H3/t22-,23-/m0/s1. The van der Waals surface area contributed by atoms with Gasteiger partial charge in [-0.3, -0.25) is 9.80 Å². The summed E-state index contributed by atoms with van der Waals surface area (Å²) in [6.45, 7) is 4.69. The molecule has 1 saturated carbocycles. The molecule has 3 aliphatic rings. The van der Waals surface area contributed by atoms with Crippen molar-refractivity contribution < 1.29 is 19.4 Å². The number of halogens is 1. The summed E-state index contributed by atoms with van der Waals surface area (Å²) in [5, 5.41) is 11.9. The Morgan fingerprint density at radius 3 is 2.64 bits per heavy atom. The molecule has 1 aromatic carbocycles. The van der Waals surface area contributed by atoms with Gasteiger partial charge in [-0.25, -0.2) is 4.79 Å². The minimum Gasteiger partial charge on any atom is -0.399 e. The van der Waals surface area contributed by atoms with Gasteiger partial charge in [0.25, 0.3) is 0 Å². The van der Waals surface area contributed by atoms with Crippen molar-refractivity contribution in [1.29, 1.82) is 0 Å². The summed E-state index contributed by atoms with van der Waals surface area (Å²) in [6, 6.07) is 9.86. The molecule has 7 nitrogen and oxygen atoms in total. The molecular formula is C24H30ClN3O4S. The molecule has 0 spiro atoms. The van der Waals surface area contributed by atoms with Crippen LogP contribution in [0.1, 0.15) is 34.9 Å². The molecule has 2 fully saturated rings. The molecule has 3 heterocycles. The number of methoxy groups -OCH3 is 1. The fraction of sp³-hybridized carbons (Fsp3) is 0.542. The first-order valence-corrected chi connectivity index (χ1v) is 12.7. The molecule has 1 aliphatic carbocycles. The highest BCUT2D eigenvalue weighted by Crippen LogP contribution is 2.39. The Bertz CT molecular complexity index is 990. The third-order valence-corrected chi connectivity index (χ3v) is 8.29. The molecule has 5 rings (SSSR count). The van der Waals surface area contributed by atoms with Gasteiger partial charge in [-0.2, -0.15) is 0 Å². The molecule has 2 aliphatic heterocycles. The van der Waals surface area contributed by atoms with Crippen molar-refractivity contribution in [3.63, 3.8) is 0 Å². The smallest absolute Gasteiger partial charge is 0.399 e. The van der Waals surface area contributed by atoms with Crippen LogP contribution in [-0.4, -0.2) is 78.1 Å². The number of hydrogen-bond acceptors (Lipinski definition) is 7. The number of rotatable bonds is 6. The van der Waals surface area contributed by atoms with Gasteiger partial charge in [0.1, 0.15) is 0 Å². The minimum atomic E-state index is -1.00. The number of nitrogens with zero attached hydrogens (tertiary/aromatic N) is 3. The van der Waals surface area contributed by atoms with Crippen molar-refractivity contribution in [2.45, 2.75) is 44.2 Å². The summed E-state index contributed by atoms with van der Waals surface area (Å²) in [4.78, 5) is 20.4. The first kappa shape index (κ1) is 23.1. The maximum atomic E-state index is 12.7. The first-order chi connectivity index (χ1) is 16.0. The molecule has 1 saturated heterocycles. The van der Waals surface area contributed by atoms with E-state index in [-0.39, 0.29) is 12.1 Å². The van der Waals surface area contributed by atoms with Gasteiger partial charge >= 0.3 is 6.09 Å². The summed E-state index contributed by atoms with van der Waals surface area (Å²) < 4.78 is 11.1. The number of fused-ring (bicyclic) bond motifs is 1. The number of piperazine rings is 1. The van der Waals surface area contributed by atoms with Crippen LogP contribution < -0.4 is 4.74 Å². The van der Waals surface area contributed by atoms with Crippen LogP contribution in [0.5, 0.6) is 5.06 Å². The lowest BCUT2D eigenvalue weighted by atomic mass is 10.0. The lowest BCUT2D eigenvalue weighted by Gasteiger charge is -2.37. The Hall–Kier alpha value is -1.68. The highest BCUT2D eigenvalue weighted by atomic mass is 35.5. The van der Waals surface area contributed by atoms with Gasteiger partial charge in [0, 0.05) is 62.3 Å². The number of thiophene rings is 1. The molecule has 178 valence electrons. The second kappa shape index (κ2) is 9.90. The fourth-order valence-electron chi connectivity index (χ4n) is 4.85. The lowest BCUT2D eigenvalue weighted by Crippen LogP contribution is -2.50. The van der Waals surface area contributed by atoms with Gasteiger partial charge in [0.15, 0.2) is 11.4 Å². The van der Waals surface area contributed by atoms with Crippen molar-refractivity contribution >= 4 is 29.0 Å². The van der Waals surface area contributed by atoms with Crippen molar-refractivity contribution in [1.82, 2.24) is 14.7 Å². The largest absolute Gasteiger partial charge is 0.416 e. The van der Waals surface area contributed by atoms with Crippen LogP contribution in [0.3, 0.4) is 0 Å². The first-order valence-electron chi connectivity index (χ1n) is 11.5. The molecule has 0 unspecified atom stereocenters. The van der Waals surface area contributed by atoms with Crippen LogP contribution in [0.4, 0.5) is 4.79 Å². The highest BCUT2D eigenvalue weighted by molar-refractivity contribution is 7.14. The Labute approximate surface area is 203 Å². The zero-order chi connectivity index (χ0) is 22.9. The highest BCUT2D eigenvalue weighted by Gasteiger charge is 2.34.